The highest BCUT2D eigenvalue weighted by Gasteiger charge is 2.26. The van der Waals surface area contributed by atoms with Crippen molar-refractivity contribution in [3.05, 3.63) is 76.5 Å². The summed E-state index contributed by atoms with van der Waals surface area (Å²) in [7, 11) is 0. The fourth-order valence-corrected chi connectivity index (χ4v) is 4.38. The summed E-state index contributed by atoms with van der Waals surface area (Å²) in [5.41, 5.74) is 4.23. The van der Waals surface area contributed by atoms with Gasteiger partial charge in [0.25, 0.3) is 0 Å². The van der Waals surface area contributed by atoms with E-state index in [4.69, 9.17) is 16.6 Å². The molecule has 0 spiro atoms. The number of benzene rings is 1. The number of fused-ring (bicyclic) bond motifs is 1. The van der Waals surface area contributed by atoms with Crippen molar-refractivity contribution < 1.29 is 0 Å². The van der Waals surface area contributed by atoms with Crippen LogP contribution in [0.5, 0.6) is 0 Å². The third kappa shape index (κ3) is 2.83. The summed E-state index contributed by atoms with van der Waals surface area (Å²) < 4.78 is 0. The lowest BCUT2D eigenvalue weighted by atomic mass is 9.94. The monoisotopic (exact) mass is 353 g/mol. The van der Waals surface area contributed by atoms with Gasteiger partial charge in [-0.25, -0.2) is 4.98 Å². The Morgan fingerprint density at radius 2 is 1.88 bits per heavy atom. The standard InChI is InChI=1S/C19H16ClN3S/c1-12-17-18(24-19(23-17)14-6-9-21-10-7-14)16(8-11-22-12)13-2-4-15(20)5-3-13/h2-7,9-10,16,22H,1,8,11H2. The van der Waals surface area contributed by atoms with Crippen molar-refractivity contribution in [2.24, 2.45) is 0 Å². The Labute approximate surface area is 150 Å². The number of thiazole rings is 1. The van der Waals surface area contributed by atoms with Gasteiger partial charge in [0, 0.05) is 40.3 Å². The van der Waals surface area contributed by atoms with Crippen molar-refractivity contribution in [2.75, 3.05) is 6.54 Å². The molecule has 4 rings (SSSR count). The maximum atomic E-state index is 6.05. The lowest BCUT2D eigenvalue weighted by Crippen LogP contribution is -2.11. The molecule has 0 bridgehead atoms. The third-order valence-corrected chi connectivity index (χ3v) is 5.70. The Bertz CT molecular complexity index is 871. The van der Waals surface area contributed by atoms with Gasteiger partial charge in [-0.1, -0.05) is 30.3 Å². The minimum absolute atomic E-state index is 0.303. The molecular weight excluding hydrogens is 338 g/mol. The average molecular weight is 354 g/mol. The van der Waals surface area contributed by atoms with Gasteiger partial charge in [0.15, 0.2) is 0 Å². The van der Waals surface area contributed by atoms with Crippen LogP contribution < -0.4 is 5.32 Å². The highest BCUT2D eigenvalue weighted by Crippen LogP contribution is 2.41. The van der Waals surface area contributed by atoms with E-state index in [-0.39, 0.29) is 0 Å². The Hall–Kier alpha value is -2.17. The zero-order valence-corrected chi connectivity index (χ0v) is 14.6. The van der Waals surface area contributed by atoms with Crippen LogP contribution in [0.15, 0.2) is 55.4 Å². The molecule has 0 amide bonds. The van der Waals surface area contributed by atoms with Crippen molar-refractivity contribution in [3.63, 3.8) is 0 Å². The van der Waals surface area contributed by atoms with E-state index in [0.717, 1.165) is 40.0 Å². The van der Waals surface area contributed by atoms with E-state index in [1.807, 2.05) is 24.3 Å². The molecule has 0 aliphatic carbocycles. The number of hydrogen-bond donors (Lipinski definition) is 1. The summed E-state index contributed by atoms with van der Waals surface area (Å²) in [6.07, 6.45) is 4.60. The minimum atomic E-state index is 0.303. The Morgan fingerprint density at radius 3 is 2.62 bits per heavy atom. The van der Waals surface area contributed by atoms with Crippen LogP contribution in [0, 0.1) is 0 Å². The van der Waals surface area contributed by atoms with E-state index in [1.54, 1.807) is 23.7 Å². The molecule has 1 aliphatic heterocycles. The van der Waals surface area contributed by atoms with Gasteiger partial charge in [-0.2, -0.15) is 0 Å². The number of aromatic nitrogens is 2. The lowest BCUT2D eigenvalue weighted by Gasteiger charge is -2.14. The average Bonchev–Trinajstić information content (AvgIpc) is 2.99. The molecule has 1 unspecified atom stereocenters. The van der Waals surface area contributed by atoms with Crippen LogP contribution in [0.25, 0.3) is 16.3 Å². The van der Waals surface area contributed by atoms with Crippen LogP contribution in [0.2, 0.25) is 5.02 Å². The van der Waals surface area contributed by atoms with Crippen LogP contribution in [-0.2, 0) is 0 Å². The maximum Gasteiger partial charge on any atom is 0.124 e. The Balaban J connectivity index is 1.82. The SMILES string of the molecule is C=C1NCCC(c2ccc(Cl)cc2)c2sc(-c3ccncc3)nc21. The van der Waals surface area contributed by atoms with Crippen LogP contribution >= 0.6 is 22.9 Å². The smallest absolute Gasteiger partial charge is 0.124 e. The molecular formula is C19H16ClN3S. The molecule has 3 heterocycles. The predicted molar refractivity (Wildman–Crippen MR) is 100 cm³/mol. The molecule has 1 aromatic carbocycles. The second-order valence-electron chi connectivity index (χ2n) is 5.77. The summed E-state index contributed by atoms with van der Waals surface area (Å²) in [6, 6.07) is 12.1. The molecule has 1 N–H and O–H groups in total. The van der Waals surface area contributed by atoms with Crippen molar-refractivity contribution in [3.8, 4) is 10.6 Å². The van der Waals surface area contributed by atoms with Crippen molar-refractivity contribution in [1.29, 1.82) is 0 Å². The quantitative estimate of drug-likeness (QED) is 0.708. The van der Waals surface area contributed by atoms with Gasteiger partial charge in [0.05, 0.1) is 5.70 Å². The summed E-state index contributed by atoms with van der Waals surface area (Å²) in [5.74, 6) is 0.303. The lowest BCUT2D eigenvalue weighted by molar-refractivity contribution is 0.710. The number of hydrogen-bond acceptors (Lipinski definition) is 4. The Morgan fingerprint density at radius 1 is 1.12 bits per heavy atom. The second kappa shape index (κ2) is 6.38. The summed E-state index contributed by atoms with van der Waals surface area (Å²) in [4.78, 5) is 10.2. The fraction of sp³-hybridized carbons (Fsp3) is 0.158. The van der Waals surface area contributed by atoms with E-state index in [2.05, 4.69) is 29.0 Å². The van der Waals surface area contributed by atoms with Crippen LogP contribution in [-0.4, -0.2) is 16.5 Å². The zero-order valence-electron chi connectivity index (χ0n) is 13.0. The number of pyridine rings is 1. The van der Waals surface area contributed by atoms with Gasteiger partial charge in [0.1, 0.15) is 10.7 Å². The third-order valence-electron chi connectivity index (χ3n) is 4.23. The first-order chi connectivity index (χ1) is 11.7. The molecule has 1 atom stereocenters. The van der Waals surface area contributed by atoms with Crippen LogP contribution in [0.3, 0.4) is 0 Å². The molecule has 0 saturated carbocycles. The van der Waals surface area contributed by atoms with Gasteiger partial charge in [-0.05, 0) is 36.2 Å². The molecule has 3 nitrogen and oxygen atoms in total. The number of halogens is 1. The Kier molecular flexibility index (Phi) is 4.08. The fourth-order valence-electron chi connectivity index (χ4n) is 3.00. The van der Waals surface area contributed by atoms with E-state index in [1.165, 1.54) is 10.4 Å². The molecule has 0 radical (unpaired) electrons. The first-order valence-corrected chi connectivity index (χ1v) is 9.01. The van der Waals surface area contributed by atoms with E-state index in [9.17, 15) is 0 Å². The summed E-state index contributed by atoms with van der Waals surface area (Å²) >= 11 is 7.79. The highest BCUT2D eigenvalue weighted by atomic mass is 35.5. The zero-order chi connectivity index (χ0) is 16.5. The first kappa shape index (κ1) is 15.4. The van der Waals surface area contributed by atoms with E-state index >= 15 is 0 Å². The molecule has 120 valence electrons. The van der Waals surface area contributed by atoms with Crippen LogP contribution in [0.1, 0.15) is 28.5 Å². The van der Waals surface area contributed by atoms with Gasteiger partial charge in [-0.15, -0.1) is 11.3 Å². The number of nitrogens with one attached hydrogen (secondary N) is 1. The molecule has 5 heteroatoms. The summed E-state index contributed by atoms with van der Waals surface area (Å²) in [6.45, 7) is 5.05. The molecule has 0 fully saturated rings. The van der Waals surface area contributed by atoms with Crippen LogP contribution in [0.4, 0.5) is 0 Å². The molecule has 1 aliphatic rings. The normalized spacial score (nSPS) is 17.0. The predicted octanol–water partition coefficient (Wildman–Crippen LogP) is 4.95. The minimum Gasteiger partial charge on any atom is -0.384 e. The molecule has 3 aromatic rings. The summed E-state index contributed by atoms with van der Waals surface area (Å²) in [5, 5.41) is 5.15. The second-order valence-corrected chi connectivity index (χ2v) is 7.23. The van der Waals surface area contributed by atoms with E-state index < -0.39 is 0 Å². The number of nitrogens with zero attached hydrogens (tertiary/aromatic N) is 2. The van der Waals surface area contributed by atoms with Gasteiger partial charge >= 0.3 is 0 Å². The maximum absolute atomic E-state index is 6.05. The molecule has 0 saturated heterocycles. The highest BCUT2D eigenvalue weighted by molar-refractivity contribution is 7.15. The van der Waals surface area contributed by atoms with Crippen molar-refractivity contribution >= 4 is 28.6 Å². The topological polar surface area (TPSA) is 37.8 Å². The number of rotatable bonds is 2. The van der Waals surface area contributed by atoms with Gasteiger partial charge < -0.3 is 5.32 Å². The molecule has 24 heavy (non-hydrogen) atoms. The van der Waals surface area contributed by atoms with E-state index in [0.29, 0.717) is 5.92 Å². The molecule has 2 aromatic heterocycles. The van der Waals surface area contributed by atoms with Gasteiger partial charge in [0.2, 0.25) is 0 Å². The van der Waals surface area contributed by atoms with Crippen molar-refractivity contribution in [1.82, 2.24) is 15.3 Å². The van der Waals surface area contributed by atoms with Gasteiger partial charge in [-0.3, -0.25) is 4.98 Å². The largest absolute Gasteiger partial charge is 0.384 e. The first-order valence-electron chi connectivity index (χ1n) is 7.82. The van der Waals surface area contributed by atoms with Crippen molar-refractivity contribution in [2.45, 2.75) is 12.3 Å².